The van der Waals surface area contributed by atoms with Crippen LogP contribution >= 0.6 is 0 Å². The molecule has 3 fully saturated rings. The van der Waals surface area contributed by atoms with Crippen LogP contribution in [0.3, 0.4) is 0 Å². The minimum atomic E-state index is -0.332. The van der Waals surface area contributed by atoms with Gasteiger partial charge in [0.05, 0.1) is 18.3 Å². The highest BCUT2D eigenvalue weighted by Gasteiger charge is 2.47. The van der Waals surface area contributed by atoms with E-state index in [0.717, 1.165) is 86.5 Å². The van der Waals surface area contributed by atoms with Crippen LogP contribution in [0.2, 0.25) is 0 Å². The highest BCUT2D eigenvalue weighted by Crippen LogP contribution is 2.53. The molecule has 0 radical (unpaired) electrons. The first kappa shape index (κ1) is 38.7. The number of hydrogen-bond acceptors (Lipinski definition) is 10. The van der Waals surface area contributed by atoms with Gasteiger partial charge in [-0.2, -0.15) is 0 Å². The number of phenolic OH excluding ortho intramolecular Hbond substituents is 1. The van der Waals surface area contributed by atoms with Crippen LogP contribution in [-0.4, -0.2) is 101 Å². The van der Waals surface area contributed by atoms with Gasteiger partial charge in [-0.3, -0.25) is 24.6 Å². The van der Waals surface area contributed by atoms with Crippen LogP contribution in [-0.2, 0) is 22.6 Å². The normalized spacial score (nSPS) is 23.8. The van der Waals surface area contributed by atoms with Crippen molar-refractivity contribution < 1.29 is 24.2 Å². The van der Waals surface area contributed by atoms with E-state index in [1.807, 2.05) is 30.0 Å². The summed E-state index contributed by atoms with van der Waals surface area (Å²) >= 11 is 0. The number of rotatable bonds is 10. The van der Waals surface area contributed by atoms with Crippen LogP contribution in [0.4, 0.5) is 11.6 Å². The number of piperazine rings is 1. The second-order valence-corrected chi connectivity index (χ2v) is 18.4. The van der Waals surface area contributed by atoms with Crippen molar-refractivity contribution in [3.05, 3.63) is 106 Å². The summed E-state index contributed by atoms with van der Waals surface area (Å²) in [6.45, 7) is 9.09. The number of piperidine rings is 1. The number of benzene rings is 3. The zero-order chi connectivity index (χ0) is 41.0. The molecule has 6 aliphatic rings. The molecule has 4 aliphatic heterocycles. The monoisotopic (exact) mass is 809 g/mol. The Kier molecular flexibility index (Phi) is 10.2. The maximum atomic E-state index is 13.4. The zero-order valence-corrected chi connectivity index (χ0v) is 34.5. The van der Waals surface area contributed by atoms with Gasteiger partial charge >= 0.3 is 0 Å². The fourth-order valence-electron chi connectivity index (χ4n) is 11.7. The van der Waals surface area contributed by atoms with Gasteiger partial charge < -0.3 is 24.5 Å². The lowest BCUT2D eigenvalue weighted by Crippen LogP contribution is -2.59. The van der Waals surface area contributed by atoms with Gasteiger partial charge in [0, 0.05) is 81.2 Å². The lowest BCUT2D eigenvalue weighted by Gasteiger charge is -2.54. The van der Waals surface area contributed by atoms with E-state index in [9.17, 15) is 19.5 Å². The molecule has 2 N–H and O–H groups in total. The van der Waals surface area contributed by atoms with Crippen LogP contribution in [0.15, 0.2) is 73.1 Å². The molecule has 1 saturated carbocycles. The first-order valence-electron chi connectivity index (χ1n) is 22.0. The van der Waals surface area contributed by atoms with E-state index in [-0.39, 0.29) is 36.2 Å². The summed E-state index contributed by atoms with van der Waals surface area (Å²) in [4.78, 5) is 55.1. The molecule has 4 atom stereocenters. The van der Waals surface area contributed by atoms with E-state index in [1.54, 1.807) is 0 Å². The molecule has 5 heterocycles. The number of carbonyl (C=O) groups is 3. The lowest BCUT2D eigenvalue weighted by molar-refractivity contribution is -0.125. The number of aromatic hydroxyl groups is 1. The molecule has 10 rings (SSSR count). The number of nitrogens with one attached hydrogen (secondary N) is 1. The Morgan fingerprint density at radius 3 is 2.60 bits per heavy atom. The molecule has 0 bridgehead atoms. The molecule has 1 aromatic heterocycles. The third-order valence-corrected chi connectivity index (χ3v) is 14.8. The summed E-state index contributed by atoms with van der Waals surface area (Å²) in [6, 6.07) is 20.8. The van der Waals surface area contributed by atoms with Crippen molar-refractivity contribution in [3.63, 3.8) is 0 Å². The van der Waals surface area contributed by atoms with Crippen molar-refractivity contribution in [2.45, 2.75) is 88.8 Å². The average molecular weight is 810 g/mol. The van der Waals surface area contributed by atoms with E-state index in [4.69, 9.17) is 14.7 Å². The standard InChI is InChI=1S/C48H55N7O5/c1-31(7-14-43(58)51-30-56)55-28-41-40(46(55)59)12-13-42-45(41)60-29-36-27-52(19-20-54(36)42)26-32-22-48(23-32)15-17-53(18-16-48)47-49-24-35(25-50-47)44-38(33-5-3-2-4-6-33)10-8-34-21-37(57)9-11-39(34)44/h2-6,9,11-13,21,24-25,30-32,36,38,44,57H,7-8,10,14-20,22-23,26-29H2,1H3,(H,51,56,58). The third-order valence-electron chi connectivity index (χ3n) is 14.8. The molecule has 60 heavy (non-hydrogen) atoms. The second kappa shape index (κ2) is 15.8. The Balaban J connectivity index is 0.718. The van der Waals surface area contributed by atoms with Gasteiger partial charge in [-0.05, 0) is 116 Å². The molecule has 312 valence electrons. The molecular weight excluding hydrogens is 755 g/mol. The molecule has 4 aromatic rings. The van der Waals surface area contributed by atoms with Gasteiger partial charge in [-0.1, -0.05) is 36.4 Å². The van der Waals surface area contributed by atoms with Crippen molar-refractivity contribution in [1.29, 1.82) is 0 Å². The predicted molar refractivity (Wildman–Crippen MR) is 228 cm³/mol. The Labute approximate surface area is 351 Å². The minimum Gasteiger partial charge on any atom is -0.508 e. The number of aryl methyl sites for hydroxylation is 1. The van der Waals surface area contributed by atoms with Gasteiger partial charge in [0.25, 0.3) is 5.91 Å². The smallest absolute Gasteiger partial charge is 0.254 e. The Morgan fingerprint density at radius 2 is 1.82 bits per heavy atom. The third kappa shape index (κ3) is 7.16. The first-order chi connectivity index (χ1) is 29.3. The Hall–Kier alpha value is -5.49. The van der Waals surface area contributed by atoms with E-state index in [1.165, 1.54) is 42.4 Å². The van der Waals surface area contributed by atoms with Crippen LogP contribution in [0.25, 0.3) is 0 Å². The van der Waals surface area contributed by atoms with Crippen molar-refractivity contribution >= 4 is 29.9 Å². The molecule has 3 amide bonds. The van der Waals surface area contributed by atoms with Crippen molar-refractivity contribution in [2.24, 2.45) is 11.3 Å². The van der Waals surface area contributed by atoms with Gasteiger partial charge in [0.1, 0.15) is 18.1 Å². The molecule has 2 saturated heterocycles. The average Bonchev–Trinajstić information content (AvgIpc) is 3.61. The molecule has 12 heteroatoms. The number of amides is 3. The maximum Gasteiger partial charge on any atom is 0.254 e. The van der Waals surface area contributed by atoms with E-state index in [2.05, 4.69) is 74.9 Å². The Morgan fingerprint density at radius 1 is 1.02 bits per heavy atom. The zero-order valence-electron chi connectivity index (χ0n) is 34.5. The highest BCUT2D eigenvalue weighted by atomic mass is 16.5. The maximum absolute atomic E-state index is 13.4. The van der Waals surface area contributed by atoms with Crippen LogP contribution < -0.4 is 19.9 Å². The largest absolute Gasteiger partial charge is 0.508 e. The van der Waals surface area contributed by atoms with Gasteiger partial charge in [-0.25, -0.2) is 9.97 Å². The van der Waals surface area contributed by atoms with Crippen LogP contribution in [0, 0.1) is 11.3 Å². The van der Waals surface area contributed by atoms with Gasteiger partial charge in [0.15, 0.2) is 0 Å². The molecule has 12 nitrogen and oxygen atoms in total. The van der Waals surface area contributed by atoms with E-state index >= 15 is 0 Å². The fraction of sp³-hybridized carbons (Fsp3) is 0.479. The first-order valence-corrected chi connectivity index (χ1v) is 22.0. The second-order valence-electron chi connectivity index (χ2n) is 18.4. The van der Waals surface area contributed by atoms with E-state index in [0.29, 0.717) is 48.6 Å². The summed E-state index contributed by atoms with van der Waals surface area (Å²) in [7, 11) is 0. The van der Waals surface area contributed by atoms with Crippen LogP contribution in [0.1, 0.15) is 102 Å². The minimum absolute atomic E-state index is 0.0275. The summed E-state index contributed by atoms with van der Waals surface area (Å²) in [5.74, 6) is 2.83. The molecule has 3 aromatic carbocycles. The number of hydrogen-bond donors (Lipinski definition) is 2. The van der Waals surface area contributed by atoms with Crippen molar-refractivity contribution in [2.75, 3.05) is 55.7 Å². The van der Waals surface area contributed by atoms with Gasteiger partial charge in [0.2, 0.25) is 18.3 Å². The summed E-state index contributed by atoms with van der Waals surface area (Å²) < 4.78 is 6.48. The highest BCUT2D eigenvalue weighted by molar-refractivity contribution is 6.00. The van der Waals surface area contributed by atoms with Crippen molar-refractivity contribution in [3.8, 4) is 11.5 Å². The molecule has 4 unspecified atom stereocenters. The number of ether oxygens (including phenoxy) is 1. The number of nitrogens with zero attached hydrogens (tertiary/aromatic N) is 6. The number of phenols is 1. The van der Waals surface area contributed by atoms with E-state index < -0.39 is 0 Å². The number of aromatic nitrogens is 2. The molecular formula is C48H55N7O5. The summed E-state index contributed by atoms with van der Waals surface area (Å²) in [5, 5.41) is 12.4. The summed E-state index contributed by atoms with van der Waals surface area (Å²) in [6.07, 6.45) is 12.1. The molecule has 1 spiro atoms. The lowest BCUT2D eigenvalue weighted by atomic mass is 9.57. The quantitative estimate of drug-likeness (QED) is 0.184. The predicted octanol–water partition coefficient (Wildman–Crippen LogP) is 6.02. The SMILES string of the molecule is CC(CCC(=O)NC=O)N1Cc2c(ccc3c2OCC2CN(CC4CC5(CCN(c6ncc(C7c8ccc(O)cc8CCC7c7ccccc7)cn6)CC5)C4)CCN32)C1=O. The summed E-state index contributed by atoms with van der Waals surface area (Å²) in [5.41, 5.74) is 8.10. The van der Waals surface area contributed by atoms with Gasteiger partial charge in [-0.15, -0.1) is 0 Å². The topological polar surface area (TPSA) is 131 Å². The molecule has 2 aliphatic carbocycles. The number of anilines is 2. The number of carbonyl (C=O) groups excluding carboxylic acids is 3. The van der Waals surface area contributed by atoms with Crippen molar-refractivity contribution in [1.82, 2.24) is 25.1 Å². The Bertz CT molecular complexity index is 2250. The number of imide groups is 1. The van der Waals surface area contributed by atoms with Crippen LogP contribution in [0.5, 0.6) is 11.5 Å². The number of fused-ring (bicyclic) bond motifs is 6. The fourth-order valence-corrected chi connectivity index (χ4v) is 11.7.